The number of nitrogens with zero attached hydrogens (tertiary/aromatic N) is 2. The number of nitrogens with one attached hydrogen (secondary N) is 1. The fraction of sp³-hybridized carbons (Fsp3) is 0.750. The lowest BCUT2D eigenvalue weighted by molar-refractivity contribution is -0.191. The van der Waals surface area contributed by atoms with E-state index in [0.717, 1.165) is 12.8 Å². The Morgan fingerprint density at radius 3 is 2.45 bits per heavy atom. The van der Waals surface area contributed by atoms with Gasteiger partial charge in [0.05, 0.1) is 0 Å². The molecule has 8 heteroatoms. The Bertz CT molecular complexity index is 516. The Morgan fingerprint density at radius 2 is 1.90 bits per heavy atom. The van der Waals surface area contributed by atoms with Gasteiger partial charge in [-0.1, -0.05) is 12.8 Å². The van der Waals surface area contributed by atoms with E-state index in [-0.39, 0.29) is 24.7 Å². The van der Waals surface area contributed by atoms with Gasteiger partial charge in [0.1, 0.15) is 5.54 Å². The molecule has 2 aliphatic rings. The van der Waals surface area contributed by atoms with Gasteiger partial charge in [-0.3, -0.25) is 4.79 Å². The summed E-state index contributed by atoms with van der Waals surface area (Å²) in [5, 5.41) is 9.30. The SMILES string of the molecule is O=C(NC1(C(F)(F)F)CCCC1)c1nnc(C2CC2)o1. The fourth-order valence-electron chi connectivity index (χ4n) is 2.55. The number of amides is 1. The minimum absolute atomic E-state index is 0.105. The van der Waals surface area contributed by atoms with Crippen molar-refractivity contribution < 1.29 is 22.4 Å². The predicted octanol–water partition coefficient (Wildman–Crippen LogP) is 2.55. The van der Waals surface area contributed by atoms with Crippen molar-refractivity contribution >= 4 is 5.91 Å². The molecule has 1 aromatic rings. The zero-order valence-electron chi connectivity index (χ0n) is 10.7. The van der Waals surface area contributed by atoms with Gasteiger partial charge in [-0.05, 0) is 25.7 Å². The highest BCUT2D eigenvalue weighted by molar-refractivity contribution is 5.90. The normalized spacial score (nSPS) is 21.9. The number of aromatic nitrogens is 2. The number of hydrogen-bond acceptors (Lipinski definition) is 4. The molecule has 0 aromatic carbocycles. The lowest BCUT2D eigenvalue weighted by Crippen LogP contribution is -2.57. The molecule has 1 N–H and O–H groups in total. The molecular weight excluding hydrogens is 275 g/mol. The molecule has 0 bridgehead atoms. The number of carbonyl (C=O) groups excluding carboxylic acids is 1. The van der Waals surface area contributed by atoms with Crippen molar-refractivity contribution in [3.05, 3.63) is 11.8 Å². The average Bonchev–Trinajstić information content (AvgIpc) is 2.91. The highest BCUT2D eigenvalue weighted by atomic mass is 19.4. The summed E-state index contributed by atoms with van der Waals surface area (Å²) in [5.41, 5.74) is -2.15. The summed E-state index contributed by atoms with van der Waals surface area (Å²) in [6.45, 7) is 0. The number of rotatable bonds is 3. The molecule has 1 aromatic heterocycles. The number of alkyl halides is 3. The first kappa shape index (κ1) is 13.4. The third-order valence-corrected chi connectivity index (χ3v) is 3.91. The van der Waals surface area contributed by atoms with Crippen molar-refractivity contribution in [2.45, 2.75) is 56.2 Å². The molecule has 0 radical (unpaired) electrons. The summed E-state index contributed by atoms with van der Waals surface area (Å²) in [6, 6.07) is 0. The number of hydrogen-bond donors (Lipinski definition) is 1. The smallest absolute Gasteiger partial charge is 0.411 e. The van der Waals surface area contributed by atoms with Crippen LogP contribution in [0.5, 0.6) is 0 Å². The van der Waals surface area contributed by atoms with Crippen LogP contribution in [-0.2, 0) is 0 Å². The second-order valence-corrected chi connectivity index (χ2v) is 5.46. The second-order valence-electron chi connectivity index (χ2n) is 5.46. The average molecular weight is 289 g/mol. The highest BCUT2D eigenvalue weighted by Crippen LogP contribution is 2.43. The Morgan fingerprint density at radius 1 is 1.25 bits per heavy atom. The molecule has 2 fully saturated rings. The third-order valence-electron chi connectivity index (χ3n) is 3.91. The van der Waals surface area contributed by atoms with E-state index in [2.05, 4.69) is 15.5 Å². The van der Waals surface area contributed by atoms with Crippen LogP contribution in [0, 0.1) is 0 Å². The van der Waals surface area contributed by atoms with Crippen molar-refractivity contribution in [1.29, 1.82) is 0 Å². The zero-order valence-corrected chi connectivity index (χ0v) is 10.7. The summed E-state index contributed by atoms with van der Waals surface area (Å²) in [5.74, 6) is -0.833. The standard InChI is InChI=1S/C12H14F3N3O2/c13-12(14,15)11(5-1-2-6-11)16-8(19)10-18-17-9(20-10)7-3-4-7/h7H,1-6H2,(H,16,19). The summed E-state index contributed by atoms with van der Waals surface area (Å²) in [6.07, 6.45) is -1.98. The van der Waals surface area contributed by atoms with E-state index >= 15 is 0 Å². The summed E-state index contributed by atoms with van der Waals surface area (Å²) < 4.78 is 44.6. The van der Waals surface area contributed by atoms with Crippen molar-refractivity contribution in [3.63, 3.8) is 0 Å². The highest BCUT2D eigenvalue weighted by Gasteiger charge is 2.57. The first-order chi connectivity index (χ1) is 9.41. The van der Waals surface area contributed by atoms with E-state index in [4.69, 9.17) is 4.42 Å². The van der Waals surface area contributed by atoms with Crippen LogP contribution in [0.4, 0.5) is 13.2 Å². The minimum atomic E-state index is -4.47. The van der Waals surface area contributed by atoms with Gasteiger partial charge >= 0.3 is 18.0 Å². The van der Waals surface area contributed by atoms with Crippen LogP contribution in [0.3, 0.4) is 0 Å². The van der Waals surface area contributed by atoms with Crippen LogP contribution in [0.25, 0.3) is 0 Å². The number of carbonyl (C=O) groups is 1. The molecule has 2 aliphatic carbocycles. The molecule has 0 aliphatic heterocycles. The van der Waals surface area contributed by atoms with Crippen LogP contribution in [0.1, 0.15) is 61.0 Å². The van der Waals surface area contributed by atoms with E-state index in [9.17, 15) is 18.0 Å². The monoisotopic (exact) mass is 289 g/mol. The molecular formula is C12H14F3N3O2. The molecule has 110 valence electrons. The van der Waals surface area contributed by atoms with Crippen LogP contribution < -0.4 is 5.32 Å². The molecule has 0 spiro atoms. The summed E-state index contributed by atoms with van der Waals surface area (Å²) >= 11 is 0. The largest absolute Gasteiger partial charge is 0.417 e. The number of halogens is 3. The maximum atomic E-state index is 13.2. The van der Waals surface area contributed by atoms with E-state index in [1.54, 1.807) is 0 Å². The molecule has 0 saturated heterocycles. The van der Waals surface area contributed by atoms with Crippen molar-refractivity contribution in [3.8, 4) is 0 Å². The minimum Gasteiger partial charge on any atom is -0.417 e. The second kappa shape index (κ2) is 4.46. The van der Waals surface area contributed by atoms with Gasteiger partial charge in [0.15, 0.2) is 0 Å². The van der Waals surface area contributed by atoms with E-state index in [0.29, 0.717) is 18.7 Å². The van der Waals surface area contributed by atoms with Crippen LogP contribution in [0.2, 0.25) is 0 Å². The van der Waals surface area contributed by atoms with Gasteiger partial charge in [-0.25, -0.2) is 0 Å². The van der Waals surface area contributed by atoms with E-state index in [1.165, 1.54) is 0 Å². The van der Waals surface area contributed by atoms with Gasteiger partial charge in [0.25, 0.3) is 0 Å². The molecule has 3 rings (SSSR count). The van der Waals surface area contributed by atoms with E-state index < -0.39 is 17.6 Å². The van der Waals surface area contributed by atoms with Gasteiger partial charge in [0, 0.05) is 5.92 Å². The van der Waals surface area contributed by atoms with Crippen molar-refractivity contribution in [2.75, 3.05) is 0 Å². The maximum absolute atomic E-state index is 13.2. The Balaban J connectivity index is 1.76. The lowest BCUT2D eigenvalue weighted by Gasteiger charge is -2.31. The third kappa shape index (κ3) is 2.27. The lowest BCUT2D eigenvalue weighted by atomic mass is 9.97. The molecule has 1 heterocycles. The van der Waals surface area contributed by atoms with Gasteiger partial charge < -0.3 is 9.73 Å². The van der Waals surface area contributed by atoms with Crippen molar-refractivity contribution in [2.24, 2.45) is 0 Å². The molecule has 0 unspecified atom stereocenters. The topological polar surface area (TPSA) is 68.0 Å². The Kier molecular flexibility index (Phi) is 2.98. The zero-order chi connectivity index (χ0) is 14.4. The van der Waals surface area contributed by atoms with Crippen LogP contribution >= 0.6 is 0 Å². The predicted molar refractivity (Wildman–Crippen MR) is 61.0 cm³/mol. The van der Waals surface area contributed by atoms with Gasteiger partial charge in [-0.15, -0.1) is 10.2 Å². The maximum Gasteiger partial charge on any atom is 0.411 e. The molecule has 1 amide bonds. The Hall–Kier alpha value is -1.60. The van der Waals surface area contributed by atoms with E-state index in [1.807, 2.05) is 0 Å². The molecule has 20 heavy (non-hydrogen) atoms. The van der Waals surface area contributed by atoms with Crippen LogP contribution in [-0.4, -0.2) is 27.8 Å². The first-order valence-corrected chi connectivity index (χ1v) is 6.64. The first-order valence-electron chi connectivity index (χ1n) is 6.64. The van der Waals surface area contributed by atoms with Crippen LogP contribution in [0.15, 0.2) is 4.42 Å². The summed E-state index contributed by atoms with van der Waals surface area (Å²) in [7, 11) is 0. The Labute approximate surface area is 112 Å². The van der Waals surface area contributed by atoms with Gasteiger partial charge in [-0.2, -0.15) is 13.2 Å². The summed E-state index contributed by atoms with van der Waals surface area (Å²) in [4.78, 5) is 11.9. The quantitative estimate of drug-likeness (QED) is 0.928. The molecule has 2 saturated carbocycles. The van der Waals surface area contributed by atoms with Gasteiger partial charge in [0.2, 0.25) is 5.89 Å². The molecule has 5 nitrogen and oxygen atoms in total. The van der Waals surface area contributed by atoms with Crippen molar-refractivity contribution in [1.82, 2.24) is 15.5 Å². The molecule has 0 atom stereocenters. The fourth-order valence-corrected chi connectivity index (χ4v) is 2.55.